The molecule has 0 spiro atoms. The predicted molar refractivity (Wildman–Crippen MR) is 186 cm³/mol. The second-order valence-electron chi connectivity index (χ2n) is 11.9. The predicted octanol–water partition coefficient (Wildman–Crippen LogP) is 5.25. The Morgan fingerprint density at radius 2 is 1.57 bits per heavy atom. The fourth-order valence-electron chi connectivity index (χ4n) is 5.95. The van der Waals surface area contributed by atoms with Gasteiger partial charge in [0.25, 0.3) is 0 Å². The van der Waals surface area contributed by atoms with Crippen LogP contribution in [0.3, 0.4) is 0 Å². The minimum atomic E-state index is -0.767. The van der Waals surface area contributed by atoms with E-state index >= 15 is 0 Å². The van der Waals surface area contributed by atoms with Crippen LogP contribution in [0.2, 0.25) is 0 Å². The van der Waals surface area contributed by atoms with Gasteiger partial charge in [0, 0.05) is 37.9 Å². The molecule has 49 heavy (non-hydrogen) atoms. The largest absolute Gasteiger partial charge is 0.496 e. The first kappa shape index (κ1) is 36.1. The van der Waals surface area contributed by atoms with Crippen LogP contribution < -0.4 is 19.5 Å². The number of piperidine rings is 1. The van der Waals surface area contributed by atoms with E-state index in [2.05, 4.69) is 41.7 Å². The number of ether oxygens (including phenoxy) is 7. The monoisotopic (exact) mass is 670 g/mol. The number of nitrogens with zero attached hydrogens (tertiary/aromatic N) is 1. The molecule has 1 fully saturated rings. The van der Waals surface area contributed by atoms with Gasteiger partial charge in [-0.2, -0.15) is 5.26 Å². The highest BCUT2D eigenvalue weighted by Gasteiger charge is 2.36. The second-order valence-corrected chi connectivity index (χ2v) is 11.9. The minimum absolute atomic E-state index is 0.104. The number of methoxy groups -OCH3 is 2. The maximum Gasteiger partial charge on any atom is 0.137 e. The Morgan fingerprint density at radius 3 is 2.37 bits per heavy atom. The standard InChI is InChI=1S/C39H46N2O8/c1-43-18-19-45-26-32(42)27-49-38-24-41-23-37(48-25-28-20-30-8-3-5-10-34(30)36(21-28)44-2)39(38)29-12-14-33(15-13-29)46-16-7-17-47-35-11-6-4-9-31(35)22-40/h3-6,8-15,20-21,32,37-39,41-42H,7,16-19,23-27H2,1-2H3/t32-,37?,38-,39-/m1/s1. The molecule has 1 unspecified atom stereocenters. The number of fused-ring (bicyclic) bond motifs is 1. The average molecular weight is 671 g/mol. The van der Waals surface area contributed by atoms with Gasteiger partial charge in [0.15, 0.2) is 0 Å². The van der Waals surface area contributed by atoms with Gasteiger partial charge >= 0.3 is 0 Å². The van der Waals surface area contributed by atoms with E-state index in [0.29, 0.717) is 63.9 Å². The van der Waals surface area contributed by atoms with Gasteiger partial charge in [-0.1, -0.05) is 48.5 Å². The molecule has 4 atom stereocenters. The molecule has 0 saturated carbocycles. The molecule has 0 aliphatic carbocycles. The molecule has 5 rings (SSSR count). The summed E-state index contributed by atoms with van der Waals surface area (Å²) >= 11 is 0. The molecule has 1 saturated heterocycles. The molecule has 4 aromatic rings. The summed E-state index contributed by atoms with van der Waals surface area (Å²) < 4.78 is 40.9. The third kappa shape index (κ3) is 10.4. The minimum Gasteiger partial charge on any atom is -0.496 e. The first-order chi connectivity index (χ1) is 24.1. The van der Waals surface area contributed by atoms with E-state index in [4.69, 9.17) is 33.2 Å². The number of aliphatic hydroxyl groups excluding tert-OH is 1. The van der Waals surface area contributed by atoms with Crippen molar-refractivity contribution in [3.05, 3.63) is 102 Å². The molecule has 0 aromatic heterocycles. The lowest BCUT2D eigenvalue weighted by atomic mass is 9.85. The molecular formula is C39H46N2O8. The van der Waals surface area contributed by atoms with E-state index in [1.807, 2.05) is 42.5 Å². The molecule has 1 aliphatic rings. The quantitative estimate of drug-likeness (QED) is 0.128. The summed E-state index contributed by atoms with van der Waals surface area (Å²) in [5, 5.41) is 25.4. The van der Waals surface area contributed by atoms with Crippen LogP contribution in [0.4, 0.5) is 0 Å². The Bertz CT molecular complexity index is 1630. The number of para-hydroxylation sites is 1. The zero-order chi connectivity index (χ0) is 34.3. The van der Waals surface area contributed by atoms with Gasteiger partial charge in [0.05, 0.1) is 71.1 Å². The molecular weight excluding hydrogens is 624 g/mol. The Morgan fingerprint density at radius 1 is 0.816 bits per heavy atom. The third-order valence-electron chi connectivity index (χ3n) is 8.39. The van der Waals surface area contributed by atoms with Crippen molar-refractivity contribution in [1.82, 2.24) is 5.32 Å². The van der Waals surface area contributed by atoms with E-state index in [0.717, 1.165) is 33.4 Å². The van der Waals surface area contributed by atoms with Crippen molar-refractivity contribution in [3.63, 3.8) is 0 Å². The number of rotatable bonds is 19. The summed E-state index contributed by atoms with van der Waals surface area (Å²) in [5.74, 6) is 2.03. The van der Waals surface area contributed by atoms with Gasteiger partial charge in [-0.25, -0.2) is 0 Å². The van der Waals surface area contributed by atoms with Crippen LogP contribution >= 0.6 is 0 Å². The van der Waals surface area contributed by atoms with Gasteiger partial charge in [-0.3, -0.25) is 0 Å². The molecule has 0 amide bonds. The maximum absolute atomic E-state index is 10.5. The Balaban J connectivity index is 1.23. The lowest BCUT2D eigenvalue weighted by Gasteiger charge is -2.39. The fraction of sp³-hybridized carbons (Fsp3) is 0.410. The lowest BCUT2D eigenvalue weighted by molar-refractivity contribution is -0.0896. The first-order valence-corrected chi connectivity index (χ1v) is 16.7. The van der Waals surface area contributed by atoms with Gasteiger partial charge < -0.3 is 43.6 Å². The number of benzene rings is 4. The first-order valence-electron chi connectivity index (χ1n) is 16.7. The molecule has 4 aromatic carbocycles. The number of nitriles is 1. The van der Waals surface area contributed by atoms with Crippen LogP contribution in [0.25, 0.3) is 10.8 Å². The van der Waals surface area contributed by atoms with Crippen LogP contribution in [-0.2, 0) is 25.6 Å². The highest BCUT2D eigenvalue weighted by atomic mass is 16.5. The van der Waals surface area contributed by atoms with Crippen molar-refractivity contribution in [2.24, 2.45) is 0 Å². The summed E-state index contributed by atoms with van der Waals surface area (Å²) in [5.41, 5.74) is 2.59. The molecule has 1 heterocycles. The van der Waals surface area contributed by atoms with E-state index in [1.165, 1.54) is 0 Å². The van der Waals surface area contributed by atoms with Crippen molar-refractivity contribution >= 4 is 10.8 Å². The second kappa shape index (κ2) is 19.1. The molecule has 0 bridgehead atoms. The van der Waals surface area contributed by atoms with Gasteiger partial charge in [-0.05, 0) is 52.9 Å². The summed E-state index contributed by atoms with van der Waals surface area (Å²) in [6.45, 7) is 3.74. The number of hydrogen-bond acceptors (Lipinski definition) is 10. The normalized spacial score (nSPS) is 18.1. The van der Waals surface area contributed by atoms with E-state index < -0.39 is 6.10 Å². The molecule has 260 valence electrons. The molecule has 1 aliphatic heterocycles. The molecule has 2 N–H and O–H groups in total. The highest BCUT2D eigenvalue weighted by Crippen LogP contribution is 2.33. The van der Waals surface area contributed by atoms with Crippen LogP contribution in [0.5, 0.6) is 17.2 Å². The Labute approximate surface area is 288 Å². The van der Waals surface area contributed by atoms with Gasteiger partial charge in [-0.15, -0.1) is 0 Å². The fourth-order valence-corrected chi connectivity index (χ4v) is 5.95. The molecule has 0 radical (unpaired) electrons. The Kier molecular flexibility index (Phi) is 14.1. The van der Waals surface area contributed by atoms with Crippen LogP contribution in [-0.4, -0.2) is 90.4 Å². The summed E-state index contributed by atoms with van der Waals surface area (Å²) in [7, 11) is 3.30. The van der Waals surface area contributed by atoms with Crippen molar-refractivity contribution in [3.8, 4) is 23.3 Å². The Hall–Kier alpha value is -4.21. The van der Waals surface area contributed by atoms with Crippen LogP contribution in [0.1, 0.15) is 29.0 Å². The topological polar surface area (TPSA) is 121 Å². The zero-order valence-corrected chi connectivity index (χ0v) is 28.2. The van der Waals surface area contributed by atoms with E-state index in [1.54, 1.807) is 26.4 Å². The van der Waals surface area contributed by atoms with Crippen LogP contribution in [0, 0.1) is 11.3 Å². The maximum atomic E-state index is 10.5. The smallest absolute Gasteiger partial charge is 0.137 e. The molecule has 10 nitrogen and oxygen atoms in total. The van der Waals surface area contributed by atoms with E-state index in [9.17, 15) is 10.4 Å². The van der Waals surface area contributed by atoms with E-state index in [-0.39, 0.29) is 31.3 Å². The molecule has 10 heteroatoms. The SMILES string of the molecule is COCCOC[C@@H](O)CO[C@@H]1CNCC(OCc2cc(OC)c3ccccc3c2)[C@H]1c1ccc(OCCCOc2ccccc2C#N)cc1. The summed E-state index contributed by atoms with van der Waals surface area (Å²) in [6, 6.07) is 29.7. The highest BCUT2D eigenvalue weighted by molar-refractivity contribution is 5.89. The van der Waals surface area contributed by atoms with Crippen molar-refractivity contribution < 1.29 is 38.3 Å². The zero-order valence-electron chi connectivity index (χ0n) is 28.2. The average Bonchev–Trinajstić information content (AvgIpc) is 3.14. The number of hydrogen-bond donors (Lipinski definition) is 2. The van der Waals surface area contributed by atoms with Gasteiger partial charge in [0.1, 0.15) is 29.4 Å². The summed E-state index contributed by atoms with van der Waals surface area (Å²) in [6.07, 6.45) is -0.555. The lowest BCUT2D eigenvalue weighted by Crippen LogP contribution is -2.51. The number of aliphatic hydroxyl groups is 1. The summed E-state index contributed by atoms with van der Waals surface area (Å²) in [4.78, 5) is 0. The van der Waals surface area contributed by atoms with Crippen molar-refractivity contribution in [1.29, 1.82) is 5.26 Å². The third-order valence-corrected chi connectivity index (χ3v) is 8.39. The van der Waals surface area contributed by atoms with Crippen molar-refractivity contribution in [2.75, 3.05) is 67.0 Å². The van der Waals surface area contributed by atoms with Crippen molar-refractivity contribution in [2.45, 2.75) is 37.3 Å². The van der Waals surface area contributed by atoms with Crippen LogP contribution in [0.15, 0.2) is 84.9 Å². The van der Waals surface area contributed by atoms with Gasteiger partial charge in [0.2, 0.25) is 0 Å². The number of nitrogens with one attached hydrogen (secondary N) is 1.